The van der Waals surface area contributed by atoms with Crippen molar-refractivity contribution in [2.24, 2.45) is 7.05 Å². The minimum atomic E-state index is -0.0783. The highest BCUT2D eigenvalue weighted by Crippen LogP contribution is 2.24. The van der Waals surface area contributed by atoms with Crippen molar-refractivity contribution in [2.75, 3.05) is 16.8 Å². The van der Waals surface area contributed by atoms with Crippen LogP contribution in [-0.4, -0.2) is 26.4 Å². The zero-order valence-corrected chi connectivity index (χ0v) is 12.5. The lowest BCUT2D eigenvalue weighted by atomic mass is 10.3. The van der Waals surface area contributed by atoms with Crippen LogP contribution in [0.4, 0.5) is 11.4 Å². The summed E-state index contributed by atoms with van der Waals surface area (Å²) in [6.45, 7) is 3.79. The van der Waals surface area contributed by atoms with Gasteiger partial charge >= 0.3 is 0 Å². The number of carbonyl (C=O) groups excluding carboxylic acids is 1. The normalized spacial score (nSPS) is 10.6. The number of carbonyl (C=O) groups is 1. The predicted molar refractivity (Wildman–Crippen MR) is 80.7 cm³/mol. The summed E-state index contributed by atoms with van der Waals surface area (Å²) in [6.07, 6.45) is 3.24. The zero-order valence-electron chi connectivity index (χ0n) is 11.7. The van der Waals surface area contributed by atoms with E-state index in [9.17, 15) is 4.79 Å². The highest BCUT2D eigenvalue weighted by atomic mass is 32.2. The average Bonchev–Trinajstić information content (AvgIpc) is 2.64. The summed E-state index contributed by atoms with van der Waals surface area (Å²) in [6, 6.07) is 1.80. The van der Waals surface area contributed by atoms with Gasteiger partial charge in [0, 0.05) is 18.1 Å². The monoisotopic (exact) mass is 291 g/mol. The highest BCUT2D eigenvalue weighted by molar-refractivity contribution is 8.00. The molecule has 2 aromatic heterocycles. The average molecular weight is 291 g/mol. The van der Waals surface area contributed by atoms with Crippen LogP contribution < -0.4 is 11.1 Å². The molecular formula is C13H17N5OS. The Morgan fingerprint density at radius 2 is 2.25 bits per heavy atom. The first kappa shape index (κ1) is 14.4. The molecule has 0 radical (unpaired) electrons. The molecule has 6 nitrogen and oxygen atoms in total. The molecule has 0 spiro atoms. The van der Waals surface area contributed by atoms with Gasteiger partial charge in [0.25, 0.3) is 0 Å². The molecule has 106 valence electrons. The fourth-order valence-corrected chi connectivity index (χ4v) is 2.53. The quantitative estimate of drug-likeness (QED) is 0.838. The smallest absolute Gasteiger partial charge is 0.234 e. The Morgan fingerprint density at radius 3 is 2.85 bits per heavy atom. The van der Waals surface area contributed by atoms with Gasteiger partial charge in [0.1, 0.15) is 0 Å². The van der Waals surface area contributed by atoms with Crippen LogP contribution in [0.1, 0.15) is 11.4 Å². The minimum absolute atomic E-state index is 0.0783. The lowest BCUT2D eigenvalue weighted by molar-refractivity contribution is -0.113. The Kier molecular flexibility index (Phi) is 4.29. The van der Waals surface area contributed by atoms with Crippen LogP contribution >= 0.6 is 11.8 Å². The van der Waals surface area contributed by atoms with E-state index in [0.29, 0.717) is 11.4 Å². The first-order chi connectivity index (χ1) is 9.49. The van der Waals surface area contributed by atoms with Gasteiger partial charge in [-0.3, -0.25) is 14.5 Å². The van der Waals surface area contributed by atoms with Gasteiger partial charge in [0.05, 0.1) is 34.7 Å². The van der Waals surface area contributed by atoms with E-state index in [2.05, 4.69) is 15.4 Å². The summed E-state index contributed by atoms with van der Waals surface area (Å²) in [4.78, 5) is 16.8. The van der Waals surface area contributed by atoms with E-state index in [1.807, 2.05) is 20.9 Å². The fraction of sp³-hybridized carbons (Fsp3) is 0.308. The Bertz CT molecular complexity index is 638. The Balaban J connectivity index is 1.98. The summed E-state index contributed by atoms with van der Waals surface area (Å²) >= 11 is 1.39. The van der Waals surface area contributed by atoms with Crippen molar-refractivity contribution in [3.8, 4) is 0 Å². The molecule has 0 bridgehead atoms. The summed E-state index contributed by atoms with van der Waals surface area (Å²) in [5, 5.41) is 7.15. The van der Waals surface area contributed by atoms with E-state index in [1.54, 1.807) is 23.1 Å². The molecule has 0 aliphatic rings. The third-order valence-corrected chi connectivity index (χ3v) is 4.03. The van der Waals surface area contributed by atoms with Crippen LogP contribution in [0.2, 0.25) is 0 Å². The Hall–Kier alpha value is -2.02. The largest absolute Gasteiger partial charge is 0.397 e. The second-order valence-corrected chi connectivity index (χ2v) is 5.44. The van der Waals surface area contributed by atoms with Crippen LogP contribution in [0.3, 0.4) is 0 Å². The molecule has 2 aromatic rings. The van der Waals surface area contributed by atoms with Gasteiger partial charge in [0.2, 0.25) is 5.91 Å². The van der Waals surface area contributed by atoms with E-state index in [0.717, 1.165) is 22.0 Å². The minimum Gasteiger partial charge on any atom is -0.397 e. The number of nitrogens with one attached hydrogen (secondary N) is 1. The molecule has 2 heterocycles. The number of amides is 1. The van der Waals surface area contributed by atoms with Crippen LogP contribution in [0.15, 0.2) is 23.4 Å². The molecule has 0 unspecified atom stereocenters. The molecule has 20 heavy (non-hydrogen) atoms. The number of pyridine rings is 1. The summed E-state index contributed by atoms with van der Waals surface area (Å²) in [5.41, 5.74) is 8.89. The number of anilines is 2. The fourth-order valence-electron chi connectivity index (χ4n) is 1.80. The molecule has 0 fully saturated rings. The third kappa shape index (κ3) is 3.11. The van der Waals surface area contributed by atoms with Gasteiger partial charge in [-0.25, -0.2) is 0 Å². The molecular weight excluding hydrogens is 274 g/mol. The topological polar surface area (TPSA) is 85.8 Å². The number of nitrogens with zero attached hydrogens (tertiary/aromatic N) is 3. The first-order valence-electron chi connectivity index (χ1n) is 6.11. The van der Waals surface area contributed by atoms with Crippen molar-refractivity contribution in [3.63, 3.8) is 0 Å². The SMILES string of the molecule is Cc1nn(C)c(C)c1NC(=O)CSc1ccncc1N. The van der Waals surface area contributed by atoms with Crippen LogP contribution in [0, 0.1) is 13.8 Å². The van der Waals surface area contributed by atoms with E-state index in [-0.39, 0.29) is 5.91 Å². The van der Waals surface area contributed by atoms with Crippen LogP contribution in [0.25, 0.3) is 0 Å². The predicted octanol–water partition coefficient (Wildman–Crippen LogP) is 1.74. The van der Waals surface area contributed by atoms with Crippen molar-refractivity contribution in [3.05, 3.63) is 29.8 Å². The lowest BCUT2D eigenvalue weighted by Gasteiger charge is -2.06. The number of hydrogen-bond acceptors (Lipinski definition) is 5. The number of nitrogens with two attached hydrogens (primary N) is 1. The molecule has 0 saturated carbocycles. The van der Waals surface area contributed by atoms with Crippen molar-refractivity contribution in [2.45, 2.75) is 18.7 Å². The van der Waals surface area contributed by atoms with E-state index in [1.165, 1.54) is 11.8 Å². The summed E-state index contributed by atoms with van der Waals surface area (Å²) in [5.74, 6) is 0.215. The lowest BCUT2D eigenvalue weighted by Crippen LogP contribution is -2.15. The van der Waals surface area contributed by atoms with E-state index < -0.39 is 0 Å². The molecule has 0 aliphatic carbocycles. The number of hydrogen-bond donors (Lipinski definition) is 2. The second-order valence-electron chi connectivity index (χ2n) is 4.42. The van der Waals surface area contributed by atoms with Gasteiger partial charge in [-0.1, -0.05) is 0 Å². The van der Waals surface area contributed by atoms with Gasteiger partial charge in [-0.2, -0.15) is 5.10 Å². The zero-order chi connectivity index (χ0) is 14.7. The highest BCUT2D eigenvalue weighted by Gasteiger charge is 2.13. The van der Waals surface area contributed by atoms with Gasteiger partial charge in [0.15, 0.2) is 0 Å². The number of aryl methyl sites for hydroxylation is 2. The molecule has 3 N–H and O–H groups in total. The maximum absolute atomic E-state index is 12.0. The van der Waals surface area contributed by atoms with Crippen molar-refractivity contribution in [1.29, 1.82) is 0 Å². The van der Waals surface area contributed by atoms with Crippen molar-refractivity contribution < 1.29 is 4.79 Å². The molecule has 7 heteroatoms. The molecule has 0 saturated heterocycles. The maximum atomic E-state index is 12.0. The van der Waals surface area contributed by atoms with Crippen molar-refractivity contribution >= 4 is 29.0 Å². The van der Waals surface area contributed by atoms with Gasteiger partial charge in [-0.15, -0.1) is 11.8 Å². The number of thioether (sulfide) groups is 1. The summed E-state index contributed by atoms with van der Waals surface area (Å²) in [7, 11) is 1.85. The van der Waals surface area contributed by atoms with Gasteiger partial charge in [-0.05, 0) is 19.9 Å². The molecule has 0 atom stereocenters. The first-order valence-corrected chi connectivity index (χ1v) is 7.10. The molecule has 1 amide bonds. The van der Waals surface area contributed by atoms with E-state index in [4.69, 9.17) is 5.73 Å². The maximum Gasteiger partial charge on any atom is 0.234 e. The van der Waals surface area contributed by atoms with Gasteiger partial charge < -0.3 is 11.1 Å². The Labute approximate surface area is 121 Å². The second kappa shape index (κ2) is 5.96. The molecule has 0 aromatic carbocycles. The third-order valence-electron chi connectivity index (χ3n) is 2.94. The number of nitrogen functional groups attached to an aromatic ring is 1. The van der Waals surface area contributed by atoms with Crippen molar-refractivity contribution in [1.82, 2.24) is 14.8 Å². The molecule has 2 rings (SSSR count). The van der Waals surface area contributed by atoms with E-state index >= 15 is 0 Å². The molecule has 0 aliphatic heterocycles. The Morgan fingerprint density at radius 1 is 1.50 bits per heavy atom. The van der Waals surface area contributed by atoms with Crippen LogP contribution in [0.5, 0.6) is 0 Å². The number of rotatable bonds is 4. The number of aromatic nitrogens is 3. The van der Waals surface area contributed by atoms with Crippen LogP contribution in [-0.2, 0) is 11.8 Å². The summed E-state index contributed by atoms with van der Waals surface area (Å²) < 4.78 is 1.75. The standard InChI is InChI=1S/C13H17N5OS/c1-8-13(9(2)18(3)17-8)16-12(19)7-20-11-4-5-15-6-10(11)14/h4-6H,7,14H2,1-3H3,(H,16,19).